The number of benzene rings is 4. The van der Waals surface area contributed by atoms with Crippen molar-refractivity contribution in [3.63, 3.8) is 0 Å². The molecule has 0 aliphatic rings. The SMILES string of the molecule is C=CC(=O)OCCCCOc1ccc(C=CC(=O)Oc2ccc3cc(OC(=O)C=Cc4ccc(OCCCCOC(=O)C=C)c(OCCCCOC(=O)C=C)c4OCCCCOC(=O)C=C)ccc3c2)c(OCCCCOC(=O)C=C)c1OCCCCOC(=O)C=C. The van der Waals surface area contributed by atoms with E-state index in [1.54, 1.807) is 60.7 Å². The van der Waals surface area contributed by atoms with Crippen LogP contribution in [0.15, 0.2) is 149 Å². The third kappa shape index (κ3) is 29.3. The quantitative estimate of drug-likeness (QED) is 0.0131. The van der Waals surface area contributed by atoms with Gasteiger partial charge >= 0.3 is 47.8 Å². The Kier molecular flexibility index (Phi) is 35.5. The molecule has 0 atom stereocenters. The molecule has 492 valence electrons. The van der Waals surface area contributed by atoms with Gasteiger partial charge in [-0.2, -0.15) is 0 Å². The molecule has 0 amide bonds. The first kappa shape index (κ1) is 74.1. The molecule has 0 aromatic heterocycles. The Morgan fingerprint density at radius 1 is 0.283 bits per heavy atom. The second-order valence-corrected chi connectivity index (χ2v) is 19.4. The summed E-state index contributed by atoms with van der Waals surface area (Å²) >= 11 is 0. The molecule has 0 aliphatic carbocycles. The first-order chi connectivity index (χ1) is 44.7. The van der Waals surface area contributed by atoms with Gasteiger partial charge in [0.25, 0.3) is 0 Å². The van der Waals surface area contributed by atoms with Gasteiger partial charge in [-0.05, 0) is 149 Å². The van der Waals surface area contributed by atoms with E-state index >= 15 is 0 Å². The van der Waals surface area contributed by atoms with Gasteiger partial charge in [-0.1, -0.05) is 51.6 Å². The number of ether oxygens (including phenoxy) is 14. The lowest BCUT2D eigenvalue weighted by Gasteiger charge is -2.19. The van der Waals surface area contributed by atoms with Crippen LogP contribution in [0.2, 0.25) is 0 Å². The molecular formula is C70H80O22. The summed E-state index contributed by atoms with van der Waals surface area (Å²) in [5, 5.41) is 1.31. The highest BCUT2D eigenvalue weighted by Crippen LogP contribution is 2.43. The molecule has 22 heteroatoms. The first-order valence-electron chi connectivity index (χ1n) is 29.9. The third-order valence-electron chi connectivity index (χ3n) is 12.4. The van der Waals surface area contributed by atoms with Crippen molar-refractivity contribution >= 4 is 70.7 Å². The van der Waals surface area contributed by atoms with Crippen molar-refractivity contribution in [2.24, 2.45) is 0 Å². The van der Waals surface area contributed by atoms with Crippen LogP contribution in [0, 0.1) is 0 Å². The minimum atomic E-state index is -0.726. The normalized spacial score (nSPS) is 10.7. The topological polar surface area (TPSA) is 266 Å². The van der Waals surface area contributed by atoms with Gasteiger partial charge in [0, 0.05) is 59.7 Å². The molecule has 22 nitrogen and oxygen atoms in total. The molecule has 0 saturated heterocycles. The summed E-state index contributed by atoms with van der Waals surface area (Å²) in [4.78, 5) is 96.4. The van der Waals surface area contributed by atoms with E-state index in [1.165, 1.54) is 24.3 Å². The Hall–Kier alpha value is -10.4. The van der Waals surface area contributed by atoms with Gasteiger partial charge in [0.05, 0.1) is 79.3 Å². The summed E-state index contributed by atoms with van der Waals surface area (Å²) in [6, 6.07) is 16.6. The first-order valence-corrected chi connectivity index (χ1v) is 29.9. The maximum atomic E-state index is 13.5. The molecule has 0 saturated carbocycles. The maximum Gasteiger partial charge on any atom is 0.336 e. The number of hydrogen-bond donors (Lipinski definition) is 0. The Morgan fingerprint density at radius 3 is 0.804 bits per heavy atom. The summed E-state index contributed by atoms with van der Waals surface area (Å²) in [5.41, 5.74) is 0.872. The van der Waals surface area contributed by atoms with Gasteiger partial charge in [-0.3, -0.25) is 0 Å². The molecule has 0 bridgehead atoms. The number of rotatable bonds is 48. The van der Waals surface area contributed by atoms with Crippen molar-refractivity contribution in [2.45, 2.75) is 77.0 Å². The predicted octanol–water partition coefficient (Wildman–Crippen LogP) is 11.4. The van der Waals surface area contributed by atoms with E-state index in [2.05, 4.69) is 39.5 Å². The molecule has 0 spiro atoms. The minimum absolute atomic E-state index is 0.138. The van der Waals surface area contributed by atoms with Crippen molar-refractivity contribution in [3.8, 4) is 46.0 Å². The van der Waals surface area contributed by atoms with Crippen LogP contribution in [0.4, 0.5) is 0 Å². The Labute approximate surface area is 535 Å². The highest BCUT2D eigenvalue weighted by molar-refractivity contribution is 5.93. The smallest absolute Gasteiger partial charge is 0.336 e. The fourth-order valence-corrected chi connectivity index (χ4v) is 7.80. The summed E-state index contributed by atoms with van der Waals surface area (Å²) < 4.78 is 79.6. The standard InChI is InChI=1S/C70H80O22/c1-7-59(71)81-39-15-13-37-79-57-33-27-51(67(87-45-21-17-41-83-61(73)9-3)69(57)89-47-23-19-43-85-63(75)11-5)29-35-65(77)91-55-31-25-54-50-56(32-26-53(54)49-55)92-66(78)36-30-52-28-34-58(80-38-14-16-40-82-60(72)8-2)70(90-48-24-20-44-86-64(76)12-6)68(52)88-46-22-18-42-84-62(74)10-4/h7-12,25-36,49-50H,1-6,13-24,37-48H2. The molecule has 4 aromatic rings. The van der Waals surface area contributed by atoms with Gasteiger partial charge in [0.2, 0.25) is 11.5 Å². The van der Waals surface area contributed by atoms with Crippen molar-refractivity contribution < 1.29 is 105 Å². The number of unbranched alkanes of at least 4 members (excludes halogenated alkanes) is 6. The maximum absolute atomic E-state index is 13.5. The number of carbonyl (C=O) groups excluding carboxylic acids is 8. The van der Waals surface area contributed by atoms with E-state index < -0.39 is 47.8 Å². The average molecular weight is 1270 g/mol. The van der Waals surface area contributed by atoms with Gasteiger partial charge in [0.15, 0.2) is 23.0 Å². The van der Waals surface area contributed by atoms with Crippen LogP contribution in [0.25, 0.3) is 22.9 Å². The van der Waals surface area contributed by atoms with E-state index in [0.29, 0.717) is 110 Å². The second-order valence-electron chi connectivity index (χ2n) is 19.4. The summed E-state index contributed by atoms with van der Waals surface area (Å²) in [6.07, 6.45) is 17.8. The Balaban J connectivity index is 1.54. The summed E-state index contributed by atoms with van der Waals surface area (Å²) in [5.74, 6) is -2.60. The number of hydrogen-bond acceptors (Lipinski definition) is 22. The lowest BCUT2D eigenvalue weighted by molar-refractivity contribution is -0.138. The van der Waals surface area contributed by atoms with Gasteiger partial charge in [-0.15, -0.1) is 0 Å². The molecule has 4 rings (SSSR count). The third-order valence-corrected chi connectivity index (χ3v) is 12.4. The molecule has 0 aliphatic heterocycles. The highest BCUT2D eigenvalue weighted by Gasteiger charge is 2.21. The fourth-order valence-electron chi connectivity index (χ4n) is 7.80. The van der Waals surface area contributed by atoms with E-state index in [1.807, 2.05) is 0 Å². The number of carbonyl (C=O) groups is 8. The van der Waals surface area contributed by atoms with E-state index in [-0.39, 0.29) is 114 Å². The van der Waals surface area contributed by atoms with E-state index in [4.69, 9.17) is 66.3 Å². The molecule has 92 heavy (non-hydrogen) atoms. The van der Waals surface area contributed by atoms with Crippen molar-refractivity contribution in [3.05, 3.63) is 160 Å². The minimum Gasteiger partial charge on any atom is -0.490 e. The monoisotopic (exact) mass is 1270 g/mol. The van der Waals surface area contributed by atoms with Crippen molar-refractivity contribution in [2.75, 3.05) is 79.3 Å². The van der Waals surface area contributed by atoms with Crippen molar-refractivity contribution in [1.29, 1.82) is 0 Å². The van der Waals surface area contributed by atoms with Gasteiger partial charge < -0.3 is 66.3 Å². The highest BCUT2D eigenvalue weighted by atomic mass is 16.6. The number of esters is 8. The van der Waals surface area contributed by atoms with Gasteiger partial charge in [-0.25, -0.2) is 38.4 Å². The molecule has 0 fully saturated rings. The zero-order valence-electron chi connectivity index (χ0n) is 51.7. The summed E-state index contributed by atoms with van der Waals surface area (Å²) in [7, 11) is 0. The van der Waals surface area contributed by atoms with Crippen LogP contribution in [0.1, 0.15) is 88.2 Å². The van der Waals surface area contributed by atoms with E-state index in [0.717, 1.165) is 36.5 Å². The molecule has 0 heterocycles. The number of fused-ring (bicyclic) bond motifs is 1. The zero-order valence-corrected chi connectivity index (χ0v) is 51.7. The largest absolute Gasteiger partial charge is 0.490 e. The molecule has 0 N–H and O–H groups in total. The Bertz CT molecular complexity index is 3000. The van der Waals surface area contributed by atoms with Gasteiger partial charge in [0.1, 0.15) is 11.5 Å². The van der Waals surface area contributed by atoms with E-state index in [9.17, 15) is 38.4 Å². The van der Waals surface area contributed by atoms with Crippen LogP contribution < -0.4 is 37.9 Å². The van der Waals surface area contributed by atoms with Crippen LogP contribution in [-0.4, -0.2) is 127 Å². The zero-order chi connectivity index (χ0) is 66.6. The van der Waals surface area contributed by atoms with Crippen molar-refractivity contribution in [1.82, 2.24) is 0 Å². The predicted molar refractivity (Wildman–Crippen MR) is 341 cm³/mol. The lowest BCUT2D eigenvalue weighted by atomic mass is 10.1. The van der Waals surface area contributed by atoms with Crippen LogP contribution >= 0.6 is 0 Å². The molecule has 4 aromatic carbocycles. The van der Waals surface area contributed by atoms with Crippen LogP contribution in [0.3, 0.4) is 0 Å². The second kappa shape index (κ2) is 44.1. The molecular weight excluding hydrogens is 1190 g/mol. The molecule has 0 unspecified atom stereocenters. The average Bonchev–Trinajstić information content (AvgIpc) is 1.10. The summed E-state index contributed by atoms with van der Waals surface area (Å²) in [6.45, 7) is 22.5. The van der Waals surface area contributed by atoms with Crippen LogP contribution in [0.5, 0.6) is 46.0 Å². The fraction of sp³-hybridized carbons (Fsp3) is 0.343. The lowest BCUT2D eigenvalue weighted by Crippen LogP contribution is -2.09. The Morgan fingerprint density at radius 2 is 0.533 bits per heavy atom. The van der Waals surface area contributed by atoms with Crippen LogP contribution in [-0.2, 0) is 66.8 Å². The molecule has 0 radical (unpaired) electrons.